The van der Waals surface area contributed by atoms with Gasteiger partial charge in [-0.25, -0.2) is 0 Å². The van der Waals surface area contributed by atoms with Crippen LogP contribution in [0, 0.1) is 12.3 Å². The third kappa shape index (κ3) is 3.28. The fraction of sp³-hybridized carbons (Fsp3) is 0.500. The van der Waals surface area contributed by atoms with Crippen molar-refractivity contribution >= 4 is 22.8 Å². The van der Waals surface area contributed by atoms with Gasteiger partial charge in [0.05, 0.1) is 18.6 Å². The van der Waals surface area contributed by atoms with Crippen LogP contribution in [0.4, 0.5) is 0 Å². The minimum atomic E-state index is -0.917. The molecule has 1 fully saturated rings. The number of nitrogens with one attached hydrogen (secondary N) is 1. The lowest BCUT2D eigenvalue weighted by Gasteiger charge is -2.24. The number of benzene rings is 1. The van der Waals surface area contributed by atoms with Crippen molar-refractivity contribution in [2.75, 3.05) is 7.11 Å². The Morgan fingerprint density at radius 3 is 2.65 bits per heavy atom. The lowest BCUT2D eigenvalue weighted by atomic mass is 9.82. The largest absolute Gasteiger partial charge is 0.497 e. The third-order valence-electron chi connectivity index (χ3n) is 5.46. The number of methoxy groups -OCH3 is 1. The molecule has 6 nitrogen and oxygen atoms in total. The molecule has 1 aromatic carbocycles. The highest BCUT2D eigenvalue weighted by atomic mass is 16.5. The molecule has 1 atom stereocenters. The van der Waals surface area contributed by atoms with E-state index in [0.717, 1.165) is 35.1 Å². The number of carbonyl (C=O) groups is 2. The first kappa shape index (κ1) is 18.3. The maximum atomic E-state index is 12.5. The quantitative estimate of drug-likeness (QED) is 0.815. The van der Waals surface area contributed by atoms with E-state index >= 15 is 0 Å². The minimum absolute atomic E-state index is 0.0137. The zero-order valence-electron chi connectivity index (χ0n) is 15.4. The maximum absolute atomic E-state index is 12.5. The van der Waals surface area contributed by atoms with E-state index in [1.54, 1.807) is 7.11 Å². The molecule has 1 aliphatic carbocycles. The molecule has 26 heavy (non-hydrogen) atoms. The number of amides is 1. The Morgan fingerprint density at radius 2 is 2.04 bits per heavy atom. The van der Waals surface area contributed by atoms with Gasteiger partial charge < -0.3 is 19.6 Å². The van der Waals surface area contributed by atoms with Crippen molar-refractivity contribution in [3.05, 3.63) is 29.5 Å². The van der Waals surface area contributed by atoms with E-state index in [4.69, 9.17) is 9.15 Å². The molecule has 0 bridgehead atoms. The summed E-state index contributed by atoms with van der Waals surface area (Å²) in [6.45, 7) is 3.79. The first-order valence-corrected chi connectivity index (χ1v) is 8.96. The number of carboxylic acids is 1. The summed E-state index contributed by atoms with van der Waals surface area (Å²) in [4.78, 5) is 24.1. The van der Waals surface area contributed by atoms with Crippen LogP contribution in [0.25, 0.3) is 11.0 Å². The Labute approximate surface area is 152 Å². The van der Waals surface area contributed by atoms with Crippen LogP contribution in [0.15, 0.2) is 22.6 Å². The summed E-state index contributed by atoms with van der Waals surface area (Å²) in [6.07, 6.45) is 2.86. The standard InChI is InChI=1S/C20H25NO5/c1-12-15-10-14(25-3)6-7-16(15)26-18(12)13(2)21-17(22)11-20(19(23)24)8-4-5-9-20/h6-7,10,13H,4-5,8-9,11H2,1-3H3,(H,21,22)(H,23,24)/t13-/m0/s1. The van der Waals surface area contributed by atoms with Crippen LogP contribution in [-0.2, 0) is 9.59 Å². The van der Waals surface area contributed by atoms with Gasteiger partial charge in [-0.3, -0.25) is 9.59 Å². The molecule has 2 N–H and O–H groups in total. The topological polar surface area (TPSA) is 88.8 Å². The van der Waals surface area contributed by atoms with Gasteiger partial charge in [0.1, 0.15) is 17.1 Å². The number of ether oxygens (including phenoxy) is 1. The molecule has 0 aliphatic heterocycles. The number of hydrogen-bond acceptors (Lipinski definition) is 4. The number of carboxylic acid groups (broad SMARTS) is 1. The first-order valence-electron chi connectivity index (χ1n) is 8.96. The molecule has 1 aliphatic rings. The van der Waals surface area contributed by atoms with Crippen LogP contribution in [0.2, 0.25) is 0 Å². The first-order chi connectivity index (χ1) is 12.4. The Hall–Kier alpha value is -2.50. The average Bonchev–Trinajstić information content (AvgIpc) is 3.20. The van der Waals surface area contributed by atoms with Gasteiger partial charge in [0, 0.05) is 17.4 Å². The molecule has 0 spiro atoms. The molecule has 0 radical (unpaired) electrons. The molecule has 1 heterocycles. The van der Waals surface area contributed by atoms with Crippen LogP contribution in [0.3, 0.4) is 0 Å². The second kappa shape index (κ2) is 7.02. The summed E-state index contributed by atoms with van der Waals surface area (Å²) < 4.78 is 11.2. The normalized spacial score (nSPS) is 17.2. The number of aliphatic carboxylic acids is 1. The van der Waals surface area contributed by atoms with Gasteiger partial charge in [-0.1, -0.05) is 12.8 Å². The zero-order valence-corrected chi connectivity index (χ0v) is 15.4. The summed E-state index contributed by atoms with van der Waals surface area (Å²) >= 11 is 0. The third-order valence-corrected chi connectivity index (χ3v) is 5.46. The Morgan fingerprint density at radius 1 is 1.35 bits per heavy atom. The number of hydrogen-bond donors (Lipinski definition) is 2. The average molecular weight is 359 g/mol. The van der Waals surface area contributed by atoms with Crippen molar-refractivity contribution in [1.82, 2.24) is 5.32 Å². The van der Waals surface area contributed by atoms with Crippen LogP contribution in [-0.4, -0.2) is 24.1 Å². The lowest BCUT2D eigenvalue weighted by Crippen LogP contribution is -2.36. The second-order valence-corrected chi connectivity index (χ2v) is 7.21. The number of carbonyl (C=O) groups excluding carboxylic acids is 1. The van der Waals surface area contributed by atoms with Crippen LogP contribution in [0.5, 0.6) is 5.75 Å². The van der Waals surface area contributed by atoms with Gasteiger partial charge in [-0.15, -0.1) is 0 Å². The molecule has 1 amide bonds. The number of furan rings is 1. The van der Waals surface area contributed by atoms with Gasteiger partial charge in [-0.05, 0) is 44.9 Å². The highest BCUT2D eigenvalue weighted by molar-refractivity contribution is 5.86. The second-order valence-electron chi connectivity index (χ2n) is 7.21. The molecule has 0 saturated heterocycles. The predicted octanol–water partition coefficient (Wildman–Crippen LogP) is 3.96. The molecular formula is C20H25NO5. The van der Waals surface area contributed by atoms with Gasteiger partial charge in [0.25, 0.3) is 0 Å². The summed E-state index contributed by atoms with van der Waals surface area (Å²) in [5.41, 5.74) is 0.762. The van der Waals surface area contributed by atoms with E-state index in [-0.39, 0.29) is 18.4 Å². The minimum Gasteiger partial charge on any atom is -0.497 e. The van der Waals surface area contributed by atoms with Gasteiger partial charge in [0.2, 0.25) is 5.91 Å². The van der Waals surface area contributed by atoms with E-state index in [0.29, 0.717) is 18.6 Å². The Bertz CT molecular complexity index is 832. The van der Waals surface area contributed by atoms with Crippen LogP contribution in [0.1, 0.15) is 56.4 Å². The summed E-state index contributed by atoms with van der Waals surface area (Å²) in [5.74, 6) is 0.302. The van der Waals surface area contributed by atoms with E-state index in [1.807, 2.05) is 32.0 Å². The van der Waals surface area contributed by atoms with E-state index in [1.165, 1.54) is 0 Å². The van der Waals surface area contributed by atoms with Crippen molar-refractivity contribution in [3.63, 3.8) is 0 Å². The van der Waals surface area contributed by atoms with Crippen LogP contribution >= 0.6 is 0 Å². The fourth-order valence-electron chi connectivity index (χ4n) is 3.94. The molecule has 1 aromatic heterocycles. The van der Waals surface area contributed by atoms with Gasteiger partial charge in [0.15, 0.2) is 0 Å². The number of rotatable bonds is 6. The molecule has 1 saturated carbocycles. The molecule has 2 aromatic rings. The Kier molecular flexibility index (Phi) is 4.94. The van der Waals surface area contributed by atoms with Crippen molar-refractivity contribution < 1.29 is 23.8 Å². The molecular weight excluding hydrogens is 334 g/mol. The molecule has 140 valence electrons. The van der Waals surface area contributed by atoms with E-state index < -0.39 is 11.4 Å². The summed E-state index contributed by atoms with van der Waals surface area (Å²) in [7, 11) is 1.61. The molecule has 0 unspecified atom stereocenters. The summed E-state index contributed by atoms with van der Waals surface area (Å²) in [5, 5.41) is 13.4. The highest BCUT2D eigenvalue weighted by Crippen LogP contribution is 2.41. The smallest absolute Gasteiger partial charge is 0.310 e. The van der Waals surface area contributed by atoms with E-state index in [2.05, 4.69) is 5.32 Å². The van der Waals surface area contributed by atoms with E-state index in [9.17, 15) is 14.7 Å². The van der Waals surface area contributed by atoms with Gasteiger partial charge in [-0.2, -0.15) is 0 Å². The van der Waals surface area contributed by atoms with Crippen molar-refractivity contribution in [1.29, 1.82) is 0 Å². The fourth-order valence-corrected chi connectivity index (χ4v) is 3.94. The molecule has 3 rings (SSSR count). The highest BCUT2D eigenvalue weighted by Gasteiger charge is 2.43. The number of fused-ring (bicyclic) bond motifs is 1. The van der Waals surface area contributed by atoms with Crippen molar-refractivity contribution in [2.45, 2.75) is 52.0 Å². The lowest BCUT2D eigenvalue weighted by molar-refractivity contribution is -0.151. The zero-order chi connectivity index (χ0) is 18.9. The van der Waals surface area contributed by atoms with Crippen LogP contribution < -0.4 is 10.1 Å². The van der Waals surface area contributed by atoms with Gasteiger partial charge >= 0.3 is 5.97 Å². The van der Waals surface area contributed by atoms with Crippen molar-refractivity contribution in [2.24, 2.45) is 5.41 Å². The SMILES string of the molecule is COc1ccc2oc([C@H](C)NC(=O)CC3(C(=O)O)CCCC3)c(C)c2c1. The predicted molar refractivity (Wildman–Crippen MR) is 97.2 cm³/mol. The molecule has 6 heteroatoms. The summed E-state index contributed by atoms with van der Waals surface area (Å²) in [6, 6.07) is 5.24. The number of aryl methyl sites for hydroxylation is 1. The maximum Gasteiger partial charge on any atom is 0.310 e. The monoisotopic (exact) mass is 359 g/mol. The Balaban J connectivity index is 1.76. The van der Waals surface area contributed by atoms with Crippen molar-refractivity contribution in [3.8, 4) is 5.75 Å².